The van der Waals surface area contributed by atoms with Crippen molar-refractivity contribution in [3.63, 3.8) is 0 Å². The Hall–Kier alpha value is -3.48. The van der Waals surface area contributed by atoms with E-state index in [4.69, 9.17) is 4.74 Å². The van der Waals surface area contributed by atoms with E-state index < -0.39 is 11.7 Å². The van der Waals surface area contributed by atoms with Gasteiger partial charge in [-0.3, -0.25) is 9.59 Å². The van der Waals surface area contributed by atoms with Crippen LogP contribution in [0.1, 0.15) is 55.1 Å². The summed E-state index contributed by atoms with van der Waals surface area (Å²) in [6.45, 7) is 5.72. The van der Waals surface area contributed by atoms with E-state index in [2.05, 4.69) is 15.6 Å². The van der Waals surface area contributed by atoms with Gasteiger partial charge >= 0.3 is 6.09 Å². The number of nitrogens with zero attached hydrogens (tertiary/aromatic N) is 1. The van der Waals surface area contributed by atoms with Crippen LogP contribution in [0, 0.1) is 0 Å². The summed E-state index contributed by atoms with van der Waals surface area (Å²) in [4.78, 5) is 40.9. The molecule has 7 nitrogen and oxygen atoms in total. The molecule has 0 aliphatic carbocycles. The van der Waals surface area contributed by atoms with Gasteiger partial charge in [0, 0.05) is 30.5 Å². The number of fused-ring (bicyclic) bond motifs is 1. The van der Waals surface area contributed by atoms with E-state index in [1.54, 1.807) is 45.0 Å². The molecule has 7 heteroatoms. The highest BCUT2D eigenvalue weighted by Gasteiger charge is 2.19. The summed E-state index contributed by atoms with van der Waals surface area (Å²) >= 11 is 0. The van der Waals surface area contributed by atoms with Crippen molar-refractivity contribution in [2.75, 3.05) is 6.54 Å². The van der Waals surface area contributed by atoms with Gasteiger partial charge in [0.05, 0.1) is 5.69 Å². The number of amides is 2. The van der Waals surface area contributed by atoms with E-state index >= 15 is 0 Å². The first kappa shape index (κ1) is 22.2. The molecule has 0 saturated carbocycles. The standard InChI is InChI=1S/C24H27N3O4/c1-24(2,3)31-23(30)25-13-7-10-21(28)27-20-15-18-14-17(11-12-19(18)26-20)22(29)16-8-5-4-6-9-16/h4-6,8-9,11-12,14H,7,10,13,15H2,1-3H3,(H,25,30)(H,26,27,28). The first-order valence-electron chi connectivity index (χ1n) is 10.3. The molecule has 2 aromatic rings. The summed E-state index contributed by atoms with van der Waals surface area (Å²) < 4.78 is 5.15. The molecular formula is C24H27N3O4. The van der Waals surface area contributed by atoms with Crippen LogP contribution in [0.2, 0.25) is 0 Å². The second-order valence-corrected chi connectivity index (χ2v) is 8.35. The van der Waals surface area contributed by atoms with Crippen LogP contribution in [0.3, 0.4) is 0 Å². The molecule has 0 saturated heterocycles. The second kappa shape index (κ2) is 9.55. The fourth-order valence-electron chi connectivity index (χ4n) is 3.15. The van der Waals surface area contributed by atoms with Gasteiger partial charge in [-0.2, -0.15) is 0 Å². The molecule has 1 aliphatic rings. The Morgan fingerprint density at radius 1 is 1.03 bits per heavy atom. The largest absolute Gasteiger partial charge is 0.444 e. The molecule has 0 radical (unpaired) electrons. The first-order chi connectivity index (χ1) is 14.7. The normalized spacial score (nSPS) is 12.5. The van der Waals surface area contributed by atoms with Gasteiger partial charge in [-0.15, -0.1) is 0 Å². The van der Waals surface area contributed by atoms with E-state index in [9.17, 15) is 14.4 Å². The topological polar surface area (TPSA) is 96.9 Å². The van der Waals surface area contributed by atoms with Crippen LogP contribution < -0.4 is 10.6 Å². The van der Waals surface area contributed by atoms with Gasteiger partial charge in [-0.1, -0.05) is 30.3 Å². The Morgan fingerprint density at radius 3 is 2.48 bits per heavy atom. The molecule has 0 fully saturated rings. The molecule has 0 spiro atoms. The number of benzene rings is 2. The van der Waals surface area contributed by atoms with Gasteiger partial charge in [-0.05, 0) is 51.0 Å². The van der Waals surface area contributed by atoms with Gasteiger partial charge in [0.15, 0.2) is 5.78 Å². The van der Waals surface area contributed by atoms with Crippen molar-refractivity contribution in [3.8, 4) is 0 Å². The predicted molar refractivity (Wildman–Crippen MR) is 119 cm³/mol. The van der Waals surface area contributed by atoms with Gasteiger partial charge in [-0.25, -0.2) is 9.79 Å². The van der Waals surface area contributed by atoms with Crippen LogP contribution in [0.25, 0.3) is 0 Å². The molecule has 0 bridgehead atoms. The van der Waals surface area contributed by atoms with Crippen molar-refractivity contribution in [2.45, 2.75) is 45.6 Å². The van der Waals surface area contributed by atoms with Crippen molar-refractivity contribution in [1.29, 1.82) is 0 Å². The van der Waals surface area contributed by atoms with Crippen LogP contribution in [0.15, 0.2) is 53.5 Å². The molecule has 2 amide bonds. The Balaban J connectivity index is 1.46. The molecule has 0 aromatic heterocycles. The van der Waals surface area contributed by atoms with Gasteiger partial charge in [0.1, 0.15) is 11.4 Å². The van der Waals surface area contributed by atoms with Crippen molar-refractivity contribution in [3.05, 3.63) is 65.2 Å². The van der Waals surface area contributed by atoms with E-state index in [1.807, 2.05) is 24.3 Å². The van der Waals surface area contributed by atoms with Crippen LogP contribution in [0.4, 0.5) is 10.5 Å². The monoisotopic (exact) mass is 421 g/mol. The Kier molecular flexibility index (Phi) is 6.84. The van der Waals surface area contributed by atoms with E-state index in [-0.39, 0.29) is 18.1 Å². The average molecular weight is 421 g/mol. The van der Waals surface area contributed by atoms with E-state index in [1.165, 1.54) is 0 Å². The fraction of sp³-hybridized carbons (Fsp3) is 0.333. The molecular weight excluding hydrogens is 394 g/mol. The lowest BCUT2D eigenvalue weighted by molar-refractivity contribution is -0.119. The van der Waals surface area contributed by atoms with Crippen LogP contribution >= 0.6 is 0 Å². The maximum atomic E-state index is 12.6. The zero-order valence-corrected chi connectivity index (χ0v) is 18.0. The minimum atomic E-state index is -0.553. The number of carbonyl (C=O) groups is 3. The number of nitrogens with one attached hydrogen (secondary N) is 2. The summed E-state index contributed by atoms with van der Waals surface area (Å²) in [6, 6.07) is 14.5. The number of alkyl carbamates (subject to hydrolysis) is 1. The maximum Gasteiger partial charge on any atom is 0.407 e. The SMILES string of the molecule is CC(C)(C)OC(=O)NCCCC(=O)NC1=Nc2ccc(C(=O)c3ccccc3)cc2C1. The number of hydrogen-bond acceptors (Lipinski definition) is 5. The third-order valence-electron chi connectivity index (χ3n) is 4.52. The molecule has 2 aromatic carbocycles. The number of ether oxygens (including phenoxy) is 1. The molecule has 0 unspecified atom stereocenters. The quantitative estimate of drug-likeness (QED) is 0.546. The van der Waals surface area contributed by atoms with Crippen molar-refractivity contribution in [2.24, 2.45) is 4.99 Å². The molecule has 2 N–H and O–H groups in total. The van der Waals surface area contributed by atoms with Gasteiger partial charge < -0.3 is 15.4 Å². The summed E-state index contributed by atoms with van der Waals surface area (Å²) in [7, 11) is 0. The molecule has 1 aliphatic heterocycles. The molecule has 162 valence electrons. The molecule has 0 atom stereocenters. The van der Waals surface area contributed by atoms with E-state index in [0.29, 0.717) is 36.3 Å². The lowest BCUT2D eigenvalue weighted by Crippen LogP contribution is -2.34. The Bertz CT molecular complexity index is 1010. The predicted octanol–water partition coefficient (Wildman–Crippen LogP) is 3.92. The third kappa shape index (κ3) is 6.50. The summed E-state index contributed by atoms with van der Waals surface area (Å²) in [6.07, 6.45) is 0.709. The Labute approximate surface area is 181 Å². The van der Waals surface area contributed by atoms with Crippen molar-refractivity contribution in [1.82, 2.24) is 10.6 Å². The fourth-order valence-corrected chi connectivity index (χ4v) is 3.15. The highest BCUT2D eigenvalue weighted by Crippen LogP contribution is 2.28. The lowest BCUT2D eigenvalue weighted by atomic mass is 10.00. The minimum Gasteiger partial charge on any atom is -0.444 e. The van der Waals surface area contributed by atoms with E-state index in [0.717, 1.165) is 11.3 Å². The maximum absolute atomic E-state index is 12.6. The number of aliphatic imine (C=N–C) groups is 1. The smallest absolute Gasteiger partial charge is 0.407 e. The number of ketones is 1. The number of hydrogen-bond donors (Lipinski definition) is 2. The number of rotatable bonds is 6. The number of amidine groups is 1. The number of carbonyl (C=O) groups excluding carboxylic acids is 3. The van der Waals surface area contributed by atoms with Crippen molar-refractivity contribution < 1.29 is 19.1 Å². The van der Waals surface area contributed by atoms with Crippen LogP contribution in [-0.2, 0) is 16.0 Å². The van der Waals surface area contributed by atoms with Crippen LogP contribution in [-0.4, -0.2) is 35.8 Å². The zero-order chi connectivity index (χ0) is 22.4. The van der Waals surface area contributed by atoms with Crippen LogP contribution in [0.5, 0.6) is 0 Å². The van der Waals surface area contributed by atoms with Gasteiger partial charge in [0.2, 0.25) is 5.91 Å². The minimum absolute atomic E-state index is 0.0432. The molecule has 31 heavy (non-hydrogen) atoms. The summed E-state index contributed by atoms with van der Waals surface area (Å²) in [5, 5.41) is 5.44. The van der Waals surface area contributed by atoms with Gasteiger partial charge in [0.25, 0.3) is 0 Å². The highest BCUT2D eigenvalue weighted by molar-refractivity contribution is 6.10. The average Bonchev–Trinajstić information content (AvgIpc) is 3.11. The summed E-state index contributed by atoms with van der Waals surface area (Å²) in [5.41, 5.74) is 2.34. The molecule has 1 heterocycles. The lowest BCUT2D eigenvalue weighted by Gasteiger charge is -2.19. The zero-order valence-electron chi connectivity index (χ0n) is 18.0. The highest BCUT2D eigenvalue weighted by atomic mass is 16.6. The molecule has 3 rings (SSSR count). The van der Waals surface area contributed by atoms with Crippen molar-refractivity contribution >= 4 is 29.3 Å². The Morgan fingerprint density at radius 2 is 1.77 bits per heavy atom. The second-order valence-electron chi connectivity index (χ2n) is 8.35. The summed E-state index contributed by atoms with van der Waals surface area (Å²) in [5.74, 6) is 0.348. The first-order valence-corrected chi connectivity index (χ1v) is 10.3. The third-order valence-corrected chi connectivity index (χ3v) is 4.52.